The van der Waals surface area contributed by atoms with Gasteiger partial charge in [-0.05, 0) is 75.7 Å². The van der Waals surface area contributed by atoms with E-state index < -0.39 is 0 Å². The minimum atomic E-state index is -0.312. The highest BCUT2D eigenvalue weighted by atomic mass is 19.1. The van der Waals surface area contributed by atoms with E-state index in [1.54, 1.807) is 30.5 Å². The number of benzene rings is 2. The van der Waals surface area contributed by atoms with Crippen LogP contribution in [0.1, 0.15) is 25.3 Å². The lowest BCUT2D eigenvalue weighted by molar-refractivity contribution is 0.0981. The monoisotopic (exact) mass is 596 g/mol. The zero-order chi connectivity index (χ0) is 30.5. The summed E-state index contributed by atoms with van der Waals surface area (Å²) >= 11 is 0. The first-order valence-corrected chi connectivity index (χ1v) is 15.5. The maximum Gasteiger partial charge on any atom is 0.166 e. The van der Waals surface area contributed by atoms with Crippen LogP contribution in [0.5, 0.6) is 5.75 Å². The fourth-order valence-corrected chi connectivity index (χ4v) is 6.14. The summed E-state index contributed by atoms with van der Waals surface area (Å²) in [7, 11) is 2.21. The lowest BCUT2D eigenvalue weighted by atomic mass is 10.0. The van der Waals surface area contributed by atoms with Crippen molar-refractivity contribution in [3.05, 3.63) is 78.5 Å². The van der Waals surface area contributed by atoms with E-state index in [9.17, 15) is 4.39 Å². The molecule has 4 aromatic rings. The molecular formula is C34H41FN8O. The average Bonchev–Trinajstić information content (AvgIpc) is 3.03. The number of hydrogen-bond donors (Lipinski definition) is 2. The molecular weight excluding hydrogens is 555 g/mol. The first kappa shape index (κ1) is 29.8. The molecule has 2 N–H and O–H groups in total. The number of likely N-dealkylation sites (N-methyl/N-ethyl adjacent to an activating group) is 1. The summed E-state index contributed by atoms with van der Waals surface area (Å²) in [5.41, 5.74) is 4.88. The molecule has 2 aromatic carbocycles. The van der Waals surface area contributed by atoms with Gasteiger partial charge in [0.05, 0.1) is 23.7 Å². The summed E-state index contributed by atoms with van der Waals surface area (Å²) < 4.78 is 20.6. The molecule has 2 saturated heterocycles. The number of nitrogens with zero attached hydrogens (tertiary/aromatic N) is 6. The summed E-state index contributed by atoms with van der Waals surface area (Å²) in [4.78, 5) is 20.8. The van der Waals surface area contributed by atoms with Crippen LogP contribution in [0.15, 0.2) is 67.1 Å². The number of rotatable bonds is 9. The van der Waals surface area contributed by atoms with Crippen molar-refractivity contribution in [1.82, 2.24) is 24.8 Å². The Bertz CT molecular complexity index is 1570. The molecule has 44 heavy (non-hydrogen) atoms. The van der Waals surface area contributed by atoms with Gasteiger partial charge in [0.1, 0.15) is 23.8 Å². The van der Waals surface area contributed by atoms with Crippen LogP contribution in [0, 0.1) is 12.7 Å². The summed E-state index contributed by atoms with van der Waals surface area (Å²) in [6.45, 7) is 11.3. The number of piperidine rings is 1. The number of aromatic nitrogens is 3. The molecule has 9 nitrogen and oxygen atoms in total. The van der Waals surface area contributed by atoms with Crippen LogP contribution in [0.4, 0.5) is 33.1 Å². The summed E-state index contributed by atoms with van der Waals surface area (Å²) in [6, 6.07) is 17.1. The number of anilines is 5. The number of pyridine rings is 1. The van der Waals surface area contributed by atoms with Gasteiger partial charge in [0.25, 0.3) is 0 Å². The van der Waals surface area contributed by atoms with Crippen molar-refractivity contribution in [1.29, 1.82) is 0 Å². The maximum absolute atomic E-state index is 14.4. The van der Waals surface area contributed by atoms with Crippen molar-refractivity contribution < 1.29 is 9.13 Å². The van der Waals surface area contributed by atoms with E-state index in [1.165, 1.54) is 12.4 Å². The van der Waals surface area contributed by atoms with Crippen LogP contribution in [-0.2, 0) is 0 Å². The van der Waals surface area contributed by atoms with Gasteiger partial charge in [-0.15, -0.1) is 0 Å². The van der Waals surface area contributed by atoms with Gasteiger partial charge in [0, 0.05) is 68.8 Å². The Kier molecular flexibility index (Phi) is 9.18. The average molecular weight is 597 g/mol. The molecule has 2 aliphatic heterocycles. The summed E-state index contributed by atoms with van der Waals surface area (Å²) in [5, 5.41) is 6.80. The van der Waals surface area contributed by atoms with Crippen molar-refractivity contribution in [2.24, 2.45) is 0 Å². The second kappa shape index (κ2) is 13.6. The molecule has 10 heteroatoms. The quantitative estimate of drug-likeness (QED) is 0.239. The van der Waals surface area contributed by atoms with E-state index in [1.807, 2.05) is 19.1 Å². The minimum Gasteiger partial charge on any atom is -0.490 e. The standard InChI is InChI=1S/C34H41FN8O/c1-4-44-34-30(19-24(2)20-31(34)43-13-10-26(11-14-43)42-17-15-41(3)16-18-42)40-33-22-32(37-23-38-33)39-25-9-12-36-29(21-25)27-7-5-6-8-28(27)35/h5-9,12,19-23,26H,4,10-11,13-18H2,1-3H3,(H2,36,37,38,39,40). The van der Waals surface area contributed by atoms with Crippen LogP contribution in [0.25, 0.3) is 11.3 Å². The Balaban J connectivity index is 1.18. The smallest absolute Gasteiger partial charge is 0.166 e. The van der Waals surface area contributed by atoms with Crippen molar-refractivity contribution in [3.8, 4) is 17.0 Å². The highest BCUT2D eigenvalue weighted by Gasteiger charge is 2.28. The van der Waals surface area contributed by atoms with E-state index in [0.29, 0.717) is 35.5 Å². The number of piperazine rings is 1. The molecule has 0 spiro atoms. The van der Waals surface area contributed by atoms with Crippen LogP contribution >= 0.6 is 0 Å². The molecule has 4 heterocycles. The third kappa shape index (κ3) is 6.92. The van der Waals surface area contributed by atoms with Crippen LogP contribution in [-0.4, -0.2) is 83.7 Å². The maximum atomic E-state index is 14.4. The van der Waals surface area contributed by atoms with Gasteiger partial charge in [-0.1, -0.05) is 12.1 Å². The van der Waals surface area contributed by atoms with Gasteiger partial charge in [0.15, 0.2) is 5.75 Å². The van der Waals surface area contributed by atoms with Crippen LogP contribution < -0.4 is 20.3 Å². The highest BCUT2D eigenvalue weighted by molar-refractivity contribution is 5.77. The second-order valence-electron chi connectivity index (χ2n) is 11.6. The van der Waals surface area contributed by atoms with Crippen LogP contribution in [0.2, 0.25) is 0 Å². The molecule has 2 fully saturated rings. The number of ether oxygens (including phenoxy) is 1. The van der Waals surface area contributed by atoms with E-state index in [4.69, 9.17) is 4.74 Å². The van der Waals surface area contributed by atoms with Gasteiger partial charge in [-0.25, -0.2) is 14.4 Å². The number of halogens is 1. The van der Waals surface area contributed by atoms with Crippen LogP contribution in [0.3, 0.4) is 0 Å². The van der Waals surface area contributed by atoms with Gasteiger partial charge in [0.2, 0.25) is 0 Å². The fraction of sp³-hybridized carbons (Fsp3) is 0.382. The van der Waals surface area contributed by atoms with E-state index >= 15 is 0 Å². The molecule has 230 valence electrons. The molecule has 0 aliphatic carbocycles. The molecule has 2 aromatic heterocycles. The van der Waals surface area contributed by atoms with Gasteiger partial charge >= 0.3 is 0 Å². The predicted molar refractivity (Wildman–Crippen MR) is 175 cm³/mol. The molecule has 0 saturated carbocycles. The lowest BCUT2D eigenvalue weighted by Crippen LogP contribution is -2.52. The Morgan fingerprint density at radius 3 is 2.39 bits per heavy atom. The Hall–Kier alpha value is -4.28. The fourth-order valence-electron chi connectivity index (χ4n) is 6.14. The van der Waals surface area contributed by atoms with Gasteiger partial charge in [-0.3, -0.25) is 9.88 Å². The number of nitrogens with one attached hydrogen (secondary N) is 2. The summed E-state index contributed by atoms with van der Waals surface area (Å²) in [6.07, 6.45) is 5.48. The molecule has 2 aliphatic rings. The molecule has 0 amide bonds. The Morgan fingerprint density at radius 2 is 1.64 bits per heavy atom. The number of aryl methyl sites for hydroxylation is 1. The zero-order valence-electron chi connectivity index (χ0n) is 25.8. The third-order valence-corrected chi connectivity index (χ3v) is 8.47. The van der Waals surface area contributed by atoms with E-state index in [2.05, 4.69) is 66.4 Å². The van der Waals surface area contributed by atoms with E-state index in [-0.39, 0.29) is 5.82 Å². The van der Waals surface area contributed by atoms with Gasteiger partial charge < -0.3 is 25.2 Å². The predicted octanol–water partition coefficient (Wildman–Crippen LogP) is 6.09. The third-order valence-electron chi connectivity index (χ3n) is 8.47. The van der Waals surface area contributed by atoms with Crippen molar-refractivity contribution in [2.75, 3.05) is 68.5 Å². The van der Waals surface area contributed by atoms with Gasteiger partial charge in [-0.2, -0.15) is 0 Å². The van der Waals surface area contributed by atoms with E-state index in [0.717, 1.165) is 80.5 Å². The SMILES string of the molecule is CCOc1c(Nc2cc(Nc3ccnc(-c4ccccc4F)c3)ncn2)cc(C)cc1N1CCC(N2CCN(C)CC2)CC1. The second-order valence-corrected chi connectivity index (χ2v) is 11.6. The van der Waals surface area contributed by atoms with Crippen molar-refractivity contribution in [2.45, 2.75) is 32.7 Å². The summed E-state index contributed by atoms with van der Waals surface area (Å²) in [5.74, 6) is 1.77. The normalized spacial score (nSPS) is 16.6. The molecule has 0 atom stereocenters. The first-order chi connectivity index (χ1) is 21.5. The molecule has 0 bridgehead atoms. The molecule has 0 unspecified atom stereocenters. The first-order valence-electron chi connectivity index (χ1n) is 15.5. The zero-order valence-corrected chi connectivity index (χ0v) is 25.8. The Labute approximate surface area is 259 Å². The van der Waals surface area contributed by atoms with Crippen molar-refractivity contribution in [3.63, 3.8) is 0 Å². The Morgan fingerprint density at radius 1 is 0.886 bits per heavy atom. The van der Waals surface area contributed by atoms with Crippen molar-refractivity contribution >= 4 is 28.7 Å². The molecule has 0 radical (unpaired) electrons. The highest BCUT2D eigenvalue weighted by Crippen LogP contribution is 2.40. The largest absolute Gasteiger partial charge is 0.490 e. The molecule has 6 rings (SSSR count). The topological polar surface area (TPSA) is 81.7 Å². The minimum absolute atomic E-state index is 0.312. The number of hydrogen-bond acceptors (Lipinski definition) is 9. The lowest BCUT2D eigenvalue weighted by Gasteiger charge is -2.43.